The van der Waals surface area contributed by atoms with E-state index in [0.29, 0.717) is 26.1 Å². The maximum absolute atomic E-state index is 11.9. The Morgan fingerprint density at radius 1 is 1.45 bits per heavy atom. The highest BCUT2D eigenvalue weighted by molar-refractivity contribution is 6.74. The Morgan fingerprint density at radius 3 is 2.59 bits per heavy atom. The first kappa shape index (κ1) is 18.8. The van der Waals surface area contributed by atoms with E-state index < -0.39 is 8.32 Å². The summed E-state index contributed by atoms with van der Waals surface area (Å²) < 4.78 is 11.5. The molecule has 1 aliphatic rings. The molecular weight excluding hydrogens is 300 g/mol. The maximum Gasteiger partial charge on any atom is 0.409 e. The lowest BCUT2D eigenvalue weighted by atomic mass is 10.0. The van der Waals surface area contributed by atoms with Crippen molar-refractivity contribution in [1.29, 1.82) is 0 Å². The van der Waals surface area contributed by atoms with E-state index in [1.54, 1.807) is 11.8 Å². The fraction of sp³-hybridized carbons (Fsp3) is 0.929. The lowest BCUT2D eigenvalue weighted by molar-refractivity contribution is 0.0456. The van der Waals surface area contributed by atoms with Gasteiger partial charge in [0, 0.05) is 18.0 Å². The zero-order valence-electron chi connectivity index (χ0n) is 14.5. The summed E-state index contributed by atoms with van der Waals surface area (Å²) in [5.74, 6) is 0. The van der Waals surface area contributed by atoms with Gasteiger partial charge in [-0.15, -0.1) is 0 Å². The van der Waals surface area contributed by atoms with Gasteiger partial charge >= 0.3 is 6.09 Å². The maximum atomic E-state index is 11.9. The number of carbonyl (C=O) groups is 1. The van der Waals surface area contributed by atoms with Crippen molar-refractivity contribution in [3.8, 4) is 0 Å². The SMILES string of the molecule is CCOC(=O)N1CC[C@H](N=[N+]=[N-])[C@H](O[Si](C)(C)C(C)(C)C)C1. The fourth-order valence-electron chi connectivity index (χ4n) is 2.15. The number of nitrogens with zero attached hydrogens (tertiary/aromatic N) is 4. The number of carbonyl (C=O) groups excluding carboxylic acids is 1. The largest absolute Gasteiger partial charge is 0.450 e. The smallest absolute Gasteiger partial charge is 0.409 e. The van der Waals surface area contributed by atoms with E-state index in [4.69, 9.17) is 14.7 Å². The first-order valence-electron chi connectivity index (χ1n) is 7.76. The molecule has 0 aromatic heterocycles. The summed E-state index contributed by atoms with van der Waals surface area (Å²) in [6.07, 6.45) is 0.00276. The molecule has 0 aromatic carbocycles. The highest BCUT2D eigenvalue weighted by Crippen LogP contribution is 2.38. The van der Waals surface area contributed by atoms with Crippen LogP contribution in [0.2, 0.25) is 18.1 Å². The predicted octanol–water partition coefficient (Wildman–Crippen LogP) is 3.92. The summed E-state index contributed by atoms with van der Waals surface area (Å²) in [5, 5.41) is 3.93. The van der Waals surface area contributed by atoms with E-state index in [0.717, 1.165) is 0 Å². The average Bonchev–Trinajstić information content (AvgIpc) is 2.39. The van der Waals surface area contributed by atoms with Gasteiger partial charge in [-0.25, -0.2) is 4.79 Å². The molecule has 7 nitrogen and oxygen atoms in total. The van der Waals surface area contributed by atoms with E-state index in [-0.39, 0.29) is 23.3 Å². The molecule has 0 radical (unpaired) electrons. The third-order valence-electron chi connectivity index (χ3n) is 4.50. The quantitative estimate of drug-likeness (QED) is 0.339. The first-order valence-corrected chi connectivity index (χ1v) is 10.7. The summed E-state index contributed by atoms with van der Waals surface area (Å²) in [6.45, 7) is 13.9. The summed E-state index contributed by atoms with van der Waals surface area (Å²) in [7, 11) is -2.01. The van der Waals surface area contributed by atoms with Crippen LogP contribution in [0.3, 0.4) is 0 Å². The molecule has 1 amide bonds. The Kier molecular flexibility index (Phi) is 6.28. The minimum Gasteiger partial charge on any atom is -0.450 e. The third-order valence-corrected chi connectivity index (χ3v) is 9.01. The molecule has 0 N–H and O–H groups in total. The van der Waals surface area contributed by atoms with Crippen LogP contribution < -0.4 is 0 Å². The molecular formula is C14H28N4O3Si. The second-order valence-corrected chi connectivity index (χ2v) is 11.9. The summed E-state index contributed by atoms with van der Waals surface area (Å²) in [4.78, 5) is 16.5. The molecule has 0 aliphatic carbocycles. The molecule has 1 rings (SSSR count). The van der Waals surface area contributed by atoms with Gasteiger partial charge in [0.25, 0.3) is 0 Å². The minimum absolute atomic E-state index is 0.0557. The Bertz CT molecular complexity index is 444. The Morgan fingerprint density at radius 2 is 2.09 bits per heavy atom. The molecule has 22 heavy (non-hydrogen) atoms. The van der Waals surface area contributed by atoms with E-state index in [1.807, 2.05) is 0 Å². The van der Waals surface area contributed by atoms with Crippen LogP contribution in [-0.2, 0) is 9.16 Å². The highest BCUT2D eigenvalue weighted by atomic mass is 28.4. The van der Waals surface area contributed by atoms with E-state index in [9.17, 15) is 4.79 Å². The summed E-state index contributed by atoms with van der Waals surface area (Å²) in [5.41, 5.74) is 8.76. The van der Waals surface area contributed by atoms with Gasteiger partial charge in [-0.05, 0) is 37.0 Å². The number of rotatable bonds is 4. The lowest BCUT2D eigenvalue weighted by Crippen LogP contribution is -2.55. The van der Waals surface area contributed by atoms with Gasteiger partial charge < -0.3 is 14.1 Å². The van der Waals surface area contributed by atoms with Gasteiger partial charge in [-0.2, -0.15) is 0 Å². The van der Waals surface area contributed by atoms with Crippen LogP contribution in [0.5, 0.6) is 0 Å². The van der Waals surface area contributed by atoms with Crippen molar-refractivity contribution >= 4 is 14.4 Å². The van der Waals surface area contributed by atoms with Crippen LogP contribution >= 0.6 is 0 Å². The van der Waals surface area contributed by atoms with Crippen LogP contribution in [0, 0.1) is 0 Å². The fourth-order valence-corrected chi connectivity index (χ4v) is 3.50. The number of hydrogen-bond acceptors (Lipinski definition) is 4. The third kappa shape index (κ3) is 4.63. The molecule has 0 spiro atoms. The van der Waals surface area contributed by atoms with Gasteiger partial charge in [-0.3, -0.25) is 0 Å². The van der Waals surface area contributed by atoms with Crippen molar-refractivity contribution in [3.05, 3.63) is 10.4 Å². The van der Waals surface area contributed by atoms with Crippen molar-refractivity contribution in [2.45, 2.75) is 64.4 Å². The summed E-state index contributed by atoms with van der Waals surface area (Å²) >= 11 is 0. The second kappa shape index (κ2) is 7.35. The van der Waals surface area contributed by atoms with E-state index >= 15 is 0 Å². The van der Waals surface area contributed by atoms with Crippen LogP contribution in [0.4, 0.5) is 4.79 Å². The van der Waals surface area contributed by atoms with Crippen molar-refractivity contribution in [2.75, 3.05) is 19.7 Å². The molecule has 1 aliphatic heterocycles. The number of likely N-dealkylation sites (tertiary alicyclic amines) is 1. The van der Waals surface area contributed by atoms with Crippen LogP contribution in [0.15, 0.2) is 5.11 Å². The number of amides is 1. The molecule has 8 heteroatoms. The van der Waals surface area contributed by atoms with Crippen molar-refractivity contribution in [3.63, 3.8) is 0 Å². The Labute approximate surface area is 133 Å². The van der Waals surface area contributed by atoms with Gasteiger partial charge in [0.05, 0.1) is 18.8 Å². The molecule has 0 saturated carbocycles. The molecule has 2 atom stereocenters. The van der Waals surface area contributed by atoms with Crippen LogP contribution in [0.1, 0.15) is 34.1 Å². The van der Waals surface area contributed by atoms with Gasteiger partial charge in [0.2, 0.25) is 0 Å². The second-order valence-electron chi connectivity index (χ2n) is 7.12. The zero-order chi connectivity index (χ0) is 17.0. The number of ether oxygens (including phenoxy) is 1. The van der Waals surface area contributed by atoms with Gasteiger partial charge in [0.1, 0.15) is 0 Å². The minimum atomic E-state index is -2.01. The van der Waals surface area contributed by atoms with Crippen molar-refractivity contribution in [2.24, 2.45) is 5.11 Å². The first-order chi connectivity index (χ1) is 10.1. The van der Waals surface area contributed by atoms with Crippen molar-refractivity contribution in [1.82, 2.24) is 4.90 Å². The molecule has 1 fully saturated rings. The Hall–Kier alpha value is -1.24. The molecule has 0 aromatic rings. The standard InChI is InChI=1S/C14H28N4O3Si/c1-7-20-13(19)18-9-8-11(16-17-15)12(10-18)21-22(5,6)14(2,3)4/h11-12H,7-10H2,1-6H3/t11-,12+/m0/s1. The monoisotopic (exact) mass is 328 g/mol. The normalized spacial score (nSPS) is 22.9. The molecule has 126 valence electrons. The molecule has 0 unspecified atom stereocenters. The highest BCUT2D eigenvalue weighted by Gasteiger charge is 2.42. The van der Waals surface area contributed by atoms with Gasteiger partial charge in [0.15, 0.2) is 8.32 Å². The van der Waals surface area contributed by atoms with Crippen LogP contribution in [0.25, 0.3) is 10.4 Å². The summed E-state index contributed by atoms with van der Waals surface area (Å²) in [6, 6.07) is -0.232. The number of piperidine rings is 1. The lowest BCUT2D eigenvalue weighted by Gasteiger charge is -2.44. The van der Waals surface area contributed by atoms with E-state index in [2.05, 4.69) is 43.9 Å². The molecule has 0 bridgehead atoms. The Balaban J connectivity index is 2.88. The average molecular weight is 328 g/mol. The molecule has 1 saturated heterocycles. The van der Waals surface area contributed by atoms with E-state index in [1.165, 1.54) is 0 Å². The molecule has 1 heterocycles. The number of hydrogen-bond donors (Lipinski definition) is 0. The number of azide groups is 1. The topological polar surface area (TPSA) is 87.5 Å². The van der Waals surface area contributed by atoms with Gasteiger partial charge in [-0.1, -0.05) is 25.9 Å². The van der Waals surface area contributed by atoms with Crippen molar-refractivity contribution < 1.29 is 14.0 Å². The van der Waals surface area contributed by atoms with Crippen LogP contribution in [-0.4, -0.2) is 51.2 Å². The predicted molar refractivity (Wildman–Crippen MR) is 88.2 cm³/mol. The zero-order valence-corrected chi connectivity index (χ0v) is 15.5.